The third kappa shape index (κ3) is 4.85. The fourth-order valence-corrected chi connectivity index (χ4v) is 3.23. The van der Waals surface area contributed by atoms with E-state index in [1.54, 1.807) is 0 Å². The first-order valence-electron chi connectivity index (χ1n) is 8.44. The number of guanidine groups is 1. The van der Waals surface area contributed by atoms with Crippen LogP contribution in [0.3, 0.4) is 0 Å². The molecule has 5 nitrogen and oxygen atoms in total. The molecule has 0 saturated carbocycles. The van der Waals surface area contributed by atoms with E-state index in [1.807, 2.05) is 20.9 Å². The molecular formula is C16H32N4O. The van der Waals surface area contributed by atoms with Gasteiger partial charge < -0.3 is 20.2 Å². The summed E-state index contributed by atoms with van der Waals surface area (Å²) in [6.07, 6.45) is 4.73. The lowest BCUT2D eigenvalue weighted by Gasteiger charge is -2.27. The van der Waals surface area contributed by atoms with Crippen LogP contribution in [0.5, 0.6) is 0 Å². The SMILES string of the molecule is CCC(C)(O)CNC(=NC)N1CCC(CN2CCCC2)C1. The van der Waals surface area contributed by atoms with Crippen LogP contribution < -0.4 is 5.32 Å². The molecule has 0 aromatic rings. The van der Waals surface area contributed by atoms with E-state index in [4.69, 9.17) is 0 Å². The molecule has 2 saturated heterocycles. The van der Waals surface area contributed by atoms with Crippen LogP contribution >= 0.6 is 0 Å². The second kappa shape index (κ2) is 7.45. The maximum Gasteiger partial charge on any atom is 0.193 e. The molecule has 2 atom stereocenters. The summed E-state index contributed by atoms with van der Waals surface area (Å²) in [6.45, 7) is 10.4. The molecule has 2 unspecified atom stereocenters. The lowest BCUT2D eigenvalue weighted by molar-refractivity contribution is 0.0598. The molecular weight excluding hydrogens is 264 g/mol. The first kappa shape index (κ1) is 16.6. The average Bonchev–Trinajstić information content (AvgIpc) is 3.12. The molecule has 2 N–H and O–H groups in total. The van der Waals surface area contributed by atoms with Crippen LogP contribution in [-0.4, -0.2) is 72.8 Å². The van der Waals surface area contributed by atoms with Crippen molar-refractivity contribution in [2.75, 3.05) is 46.3 Å². The van der Waals surface area contributed by atoms with E-state index in [2.05, 4.69) is 20.1 Å². The molecule has 0 aromatic heterocycles. The van der Waals surface area contributed by atoms with Crippen molar-refractivity contribution in [1.82, 2.24) is 15.1 Å². The maximum atomic E-state index is 10.1. The van der Waals surface area contributed by atoms with Crippen LogP contribution in [0, 0.1) is 5.92 Å². The highest BCUT2D eigenvalue weighted by atomic mass is 16.3. The third-order valence-electron chi connectivity index (χ3n) is 4.90. The van der Waals surface area contributed by atoms with Gasteiger partial charge in [0, 0.05) is 33.2 Å². The topological polar surface area (TPSA) is 51.1 Å². The van der Waals surface area contributed by atoms with Gasteiger partial charge in [-0.2, -0.15) is 0 Å². The predicted molar refractivity (Wildman–Crippen MR) is 87.6 cm³/mol. The standard InChI is InChI=1S/C16H32N4O/c1-4-16(2,21)13-18-15(17-3)20-10-7-14(12-20)11-19-8-5-6-9-19/h14,21H,4-13H2,1-3H3,(H,17,18). The minimum atomic E-state index is -0.662. The molecule has 0 radical (unpaired) electrons. The Hall–Kier alpha value is -0.810. The Kier molecular flexibility index (Phi) is 5.88. The zero-order chi connectivity index (χ0) is 15.3. The lowest BCUT2D eigenvalue weighted by atomic mass is 10.0. The molecule has 2 fully saturated rings. The summed E-state index contributed by atoms with van der Waals surface area (Å²) in [7, 11) is 1.83. The quantitative estimate of drug-likeness (QED) is 0.590. The number of nitrogens with one attached hydrogen (secondary N) is 1. The largest absolute Gasteiger partial charge is 0.388 e. The van der Waals surface area contributed by atoms with E-state index in [0.717, 1.165) is 31.4 Å². The van der Waals surface area contributed by atoms with Crippen molar-refractivity contribution in [2.45, 2.75) is 45.1 Å². The van der Waals surface area contributed by atoms with E-state index in [9.17, 15) is 5.11 Å². The predicted octanol–water partition coefficient (Wildman–Crippen LogP) is 1.14. The number of likely N-dealkylation sites (tertiary alicyclic amines) is 2. The molecule has 122 valence electrons. The third-order valence-corrected chi connectivity index (χ3v) is 4.90. The Labute approximate surface area is 129 Å². The van der Waals surface area contributed by atoms with Gasteiger partial charge in [0.2, 0.25) is 0 Å². The Morgan fingerprint density at radius 2 is 2.05 bits per heavy atom. The molecule has 2 aliphatic heterocycles. The normalized spacial score (nSPS) is 27.1. The summed E-state index contributed by atoms with van der Waals surface area (Å²) < 4.78 is 0. The molecule has 0 aliphatic carbocycles. The van der Waals surface area contributed by atoms with Crippen molar-refractivity contribution in [3.63, 3.8) is 0 Å². The minimum Gasteiger partial charge on any atom is -0.388 e. The average molecular weight is 296 g/mol. The van der Waals surface area contributed by atoms with Crippen molar-refractivity contribution >= 4 is 5.96 Å². The molecule has 0 bridgehead atoms. The van der Waals surface area contributed by atoms with Crippen LogP contribution in [0.25, 0.3) is 0 Å². The fraction of sp³-hybridized carbons (Fsp3) is 0.938. The minimum absolute atomic E-state index is 0.559. The molecule has 2 rings (SSSR count). The van der Waals surface area contributed by atoms with Crippen LogP contribution in [0.1, 0.15) is 39.5 Å². The number of nitrogens with zero attached hydrogens (tertiary/aromatic N) is 3. The summed E-state index contributed by atoms with van der Waals surface area (Å²) in [5.74, 6) is 1.70. The Morgan fingerprint density at radius 1 is 1.33 bits per heavy atom. The van der Waals surface area contributed by atoms with Gasteiger partial charge in [0.25, 0.3) is 0 Å². The van der Waals surface area contributed by atoms with E-state index in [1.165, 1.54) is 38.9 Å². The van der Waals surface area contributed by atoms with E-state index < -0.39 is 5.60 Å². The van der Waals surface area contributed by atoms with Crippen LogP contribution in [0.2, 0.25) is 0 Å². The molecule has 5 heteroatoms. The first-order chi connectivity index (χ1) is 10.0. The highest BCUT2D eigenvalue weighted by Gasteiger charge is 2.28. The van der Waals surface area contributed by atoms with Gasteiger partial charge in [0.1, 0.15) is 0 Å². The Morgan fingerprint density at radius 3 is 2.67 bits per heavy atom. The van der Waals surface area contributed by atoms with Gasteiger partial charge in [-0.1, -0.05) is 6.92 Å². The summed E-state index contributed by atoms with van der Waals surface area (Å²) in [5, 5.41) is 13.4. The number of hydrogen-bond acceptors (Lipinski definition) is 3. The number of rotatable bonds is 5. The molecule has 2 heterocycles. The summed E-state index contributed by atoms with van der Waals surface area (Å²) in [4.78, 5) is 9.32. The molecule has 0 amide bonds. The van der Waals surface area contributed by atoms with Crippen LogP contribution in [0.4, 0.5) is 0 Å². The monoisotopic (exact) mass is 296 g/mol. The number of aliphatic hydroxyl groups is 1. The van der Waals surface area contributed by atoms with E-state index >= 15 is 0 Å². The van der Waals surface area contributed by atoms with Gasteiger partial charge in [0.05, 0.1) is 5.60 Å². The van der Waals surface area contributed by atoms with Crippen LogP contribution in [0.15, 0.2) is 4.99 Å². The summed E-state index contributed by atoms with van der Waals surface area (Å²) in [5.41, 5.74) is -0.662. The molecule has 2 aliphatic rings. The number of hydrogen-bond donors (Lipinski definition) is 2. The lowest BCUT2D eigenvalue weighted by Crippen LogP contribution is -2.47. The van der Waals surface area contributed by atoms with Gasteiger partial charge in [-0.3, -0.25) is 4.99 Å². The van der Waals surface area contributed by atoms with Crippen molar-refractivity contribution in [3.8, 4) is 0 Å². The fourth-order valence-electron chi connectivity index (χ4n) is 3.23. The van der Waals surface area contributed by atoms with Crippen molar-refractivity contribution in [1.29, 1.82) is 0 Å². The van der Waals surface area contributed by atoms with Crippen molar-refractivity contribution in [2.24, 2.45) is 10.9 Å². The first-order valence-corrected chi connectivity index (χ1v) is 8.44. The highest BCUT2D eigenvalue weighted by Crippen LogP contribution is 2.20. The maximum absolute atomic E-state index is 10.1. The van der Waals surface area contributed by atoms with Gasteiger partial charge in [-0.05, 0) is 51.6 Å². The van der Waals surface area contributed by atoms with Crippen molar-refractivity contribution < 1.29 is 5.11 Å². The van der Waals surface area contributed by atoms with Crippen molar-refractivity contribution in [3.05, 3.63) is 0 Å². The zero-order valence-electron chi connectivity index (χ0n) is 13.9. The number of aliphatic imine (C=N–C) groups is 1. The van der Waals surface area contributed by atoms with Gasteiger partial charge in [-0.15, -0.1) is 0 Å². The second-order valence-electron chi connectivity index (χ2n) is 6.86. The zero-order valence-corrected chi connectivity index (χ0v) is 13.9. The highest BCUT2D eigenvalue weighted by molar-refractivity contribution is 5.80. The Bertz CT molecular complexity index is 350. The Balaban J connectivity index is 1.78. The molecule has 0 spiro atoms. The summed E-state index contributed by atoms with van der Waals surface area (Å²) >= 11 is 0. The van der Waals surface area contributed by atoms with Gasteiger partial charge in [-0.25, -0.2) is 0 Å². The summed E-state index contributed by atoms with van der Waals surface area (Å²) in [6, 6.07) is 0. The van der Waals surface area contributed by atoms with E-state index in [0.29, 0.717) is 6.54 Å². The second-order valence-corrected chi connectivity index (χ2v) is 6.86. The van der Waals surface area contributed by atoms with Gasteiger partial charge >= 0.3 is 0 Å². The molecule has 0 aromatic carbocycles. The smallest absolute Gasteiger partial charge is 0.193 e. The van der Waals surface area contributed by atoms with Crippen LogP contribution in [-0.2, 0) is 0 Å². The van der Waals surface area contributed by atoms with E-state index in [-0.39, 0.29) is 0 Å². The van der Waals surface area contributed by atoms with Gasteiger partial charge in [0.15, 0.2) is 5.96 Å². The molecule has 21 heavy (non-hydrogen) atoms.